The molecular formula is C12H17N3O5. The Labute approximate surface area is 116 Å². The van der Waals surface area contributed by atoms with Gasteiger partial charge in [-0.1, -0.05) is 0 Å². The van der Waals surface area contributed by atoms with Crippen LogP contribution in [-0.4, -0.2) is 44.9 Å². The van der Waals surface area contributed by atoms with Crippen molar-refractivity contribution < 1.29 is 19.2 Å². The molecule has 0 atom stereocenters. The van der Waals surface area contributed by atoms with E-state index in [1.807, 2.05) is 0 Å². The van der Waals surface area contributed by atoms with Crippen LogP contribution in [0.2, 0.25) is 0 Å². The van der Waals surface area contributed by atoms with Gasteiger partial charge in [0.15, 0.2) is 6.29 Å². The van der Waals surface area contributed by atoms with Gasteiger partial charge in [-0.2, -0.15) is 0 Å². The molecule has 0 aliphatic carbocycles. The van der Waals surface area contributed by atoms with Crippen molar-refractivity contribution in [1.29, 1.82) is 0 Å². The van der Waals surface area contributed by atoms with Crippen molar-refractivity contribution in [3.63, 3.8) is 0 Å². The van der Waals surface area contributed by atoms with E-state index >= 15 is 0 Å². The summed E-state index contributed by atoms with van der Waals surface area (Å²) >= 11 is 0. The number of anilines is 1. The fraction of sp³-hybridized carbons (Fsp3) is 0.417. The zero-order chi connectivity index (χ0) is 15.1. The van der Waals surface area contributed by atoms with Crippen LogP contribution in [-0.2, 0) is 9.47 Å². The van der Waals surface area contributed by atoms with E-state index in [0.717, 1.165) is 0 Å². The van der Waals surface area contributed by atoms with Crippen LogP contribution in [0.15, 0.2) is 18.2 Å². The molecule has 8 heteroatoms. The smallest absolute Gasteiger partial charge is 0.292 e. The summed E-state index contributed by atoms with van der Waals surface area (Å²) in [5, 5.41) is 16.3. The van der Waals surface area contributed by atoms with Gasteiger partial charge < -0.3 is 20.1 Å². The van der Waals surface area contributed by atoms with E-state index < -0.39 is 11.2 Å². The molecule has 1 aromatic rings. The fourth-order valence-electron chi connectivity index (χ4n) is 1.58. The number of ether oxygens (including phenoxy) is 2. The molecule has 0 radical (unpaired) electrons. The molecule has 110 valence electrons. The zero-order valence-corrected chi connectivity index (χ0v) is 11.5. The van der Waals surface area contributed by atoms with Crippen LogP contribution in [0.4, 0.5) is 11.4 Å². The molecular weight excluding hydrogens is 266 g/mol. The Morgan fingerprint density at radius 1 is 1.40 bits per heavy atom. The first-order chi connectivity index (χ1) is 9.53. The molecule has 0 aliphatic heterocycles. The monoisotopic (exact) mass is 283 g/mol. The third kappa shape index (κ3) is 3.90. The Balaban J connectivity index is 3.00. The Kier molecular flexibility index (Phi) is 5.88. The normalized spacial score (nSPS) is 10.4. The van der Waals surface area contributed by atoms with Crippen LogP contribution >= 0.6 is 0 Å². The lowest BCUT2D eigenvalue weighted by Gasteiger charge is -2.15. The van der Waals surface area contributed by atoms with E-state index in [2.05, 4.69) is 10.6 Å². The molecule has 0 fully saturated rings. The lowest BCUT2D eigenvalue weighted by Crippen LogP contribution is -2.24. The summed E-state index contributed by atoms with van der Waals surface area (Å²) in [6.45, 7) is 0.213. The minimum absolute atomic E-state index is 0.122. The van der Waals surface area contributed by atoms with Gasteiger partial charge in [-0.05, 0) is 12.1 Å². The largest absolute Gasteiger partial charge is 0.374 e. The van der Waals surface area contributed by atoms with Gasteiger partial charge in [0.05, 0.1) is 11.5 Å². The van der Waals surface area contributed by atoms with E-state index in [1.54, 1.807) is 0 Å². The van der Waals surface area contributed by atoms with Gasteiger partial charge >= 0.3 is 0 Å². The number of nitrogens with one attached hydrogen (secondary N) is 2. The second-order valence-electron chi connectivity index (χ2n) is 3.85. The number of hydrogen-bond acceptors (Lipinski definition) is 6. The number of nitro groups is 1. The van der Waals surface area contributed by atoms with E-state index in [-0.39, 0.29) is 23.8 Å². The van der Waals surface area contributed by atoms with Crippen molar-refractivity contribution in [3.8, 4) is 0 Å². The second-order valence-corrected chi connectivity index (χ2v) is 3.85. The zero-order valence-electron chi connectivity index (χ0n) is 11.5. The minimum Gasteiger partial charge on any atom is -0.374 e. The van der Waals surface area contributed by atoms with Crippen molar-refractivity contribution in [1.82, 2.24) is 5.32 Å². The third-order valence-electron chi connectivity index (χ3n) is 2.67. The third-order valence-corrected chi connectivity index (χ3v) is 2.67. The molecule has 0 bridgehead atoms. The summed E-state index contributed by atoms with van der Waals surface area (Å²) in [4.78, 5) is 22.0. The van der Waals surface area contributed by atoms with Gasteiger partial charge in [0.25, 0.3) is 11.6 Å². The Morgan fingerprint density at radius 3 is 2.55 bits per heavy atom. The number of methoxy groups -OCH3 is 2. The number of carbonyl (C=O) groups is 1. The lowest BCUT2D eigenvalue weighted by atomic mass is 10.1. The number of carbonyl (C=O) groups excluding carboxylic acids is 1. The van der Waals surface area contributed by atoms with Crippen LogP contribution in [0.25, 0.3) is 0 Å². The van der Waals surface area contributed by atoms with Gasteiger partial charge in [-0.3, -0.25) is 14.9 Å². The van der Waals surface area contributed by atoms with E-state index in [1.165, 1.54) is 39.5 Å². The summed E-state index contributed by atoms with van der Waals surface area (Å²) < 4.78 is 9.97. The Hall–Kier alpha value is -2.19. The average Bonchev–Trinajstić information content (AvgIpc) is 2.47. The van der Waals surface area contributed by atoms with Crippen LogP contribution in [0.5, 0.6) is 0 Å². The van der Waals surface area contributed by atoms with E-state index in [4.69, 9.17) is 9.47 Å². The molecule has 0 heterocycles. The molecule has 0 saturated carbocycles. The molecule has 0 unspecified atom stereocenters. The highest BCUT2D eigenvalue weighted by molar-refractivity contribution is 5.95. The topological polar surface area (TPSA) is 103 Å². The number of hydrogen-bond donors (Lipinski definition) is 2. The van der Waals surface area contributed by atoms with Gasteiger partial charge in [0, 0.05) is 32.9 Å². The molecule has 0 aliphatic rings. The van der Waals surface area contributed by atoms with Gasteiger partial charge in [0.1, 0.15) is 5.69 Å². The number of amides is 1. The highest BCUT2D eigenvalue weighted by Gasteiger charge is 2.17. The second kappa shape index (κ2) is 7.41. The van der Waals surface area contributed by atoms with Gasteiger partial charge in [-0.15, -0.1) is 0 Å². The maximum Gasteiger partial charge on any atom is 0.292 e. The first-order valence-electron chi connectivity index (χ1n) is 5.83. The van der Waals surface area contributed by atoms with Crippen molar-refractivity contribution in [2.45, 2.75) is 6.29 Å². The summed E-state index contributed by atoms with van der Waals surface area (Å²) in [7, 11) is 4.42. The summed E-state index contributed by atoms with van der Waals surface area (Å²) in [5.74, 6) is -0.321. The quantitative estimate of drug-likeness (QED) is 0.439. The molecule has 2 N–H and O–H groups in total. The van der Waals surface area contributed by atoms with Crippen molar-refractivity contribution in [3.05, 3.63) is 33.9 Å². The summed E-state index contributed by atoms with van der Waals surface area (Å²) in [6.07, 6.45) is -0.543. The van der Waals surface area contributed by atoms with Crippen molar-refractivity contribution in [2.75, 3.05) is 33.1 Å². The molecule has 0 aromatic heterocycles. The molecule has 1 rings (SSSR count). The first-order valence-corrected chi connectivity index (χ1v) is 5.83. The molecule has 8 nitrogen and oxygen atoms in total. The summed E-state index contributed by atoms with van der Waals surface area (Å²) in [6, 6.07) is 4.09. The van der Waals surface area contributed by atoms with Crippen LogP contribution in [0.1, 0.15) is 10.4 Å². The predicted molar refractivity (Wildman–Crippen MR) is 72.8 cm³/mol. The molecule has 1 amide bonds. The lowest BCUT2D eigenvalue weighted by molar-refractivity contribution is -0.384. The van der Waals surface area contributed by atoms with Crippen LogP contribution in [0.3, 0.4) is 0 Å². The number of nitrogens with zero attached hydrogens (tertiary/aromatic N) is 1. The number of benzene rings is 1. The Morgan fingerprint density at radius 2 is 2.05 bits per heavy atom. The van der Waals surface area contributed by atoms with Crippen LogP contribution < -0.4 is 10.6 Å². The van der Waals surface area contributed by atoms with Gasteiger partial charge in [-0.25, -0.2) is 0 Å². The van der Waals surface area contributed by atoms with Gasteiger partial charge in [0.2, 0.25) is 0 Å². The predicted octanol–water partition coefficient (Wildman–Crippen LogP) is 0.985. The van der Waals surface area contributed by atoms with Crippen molar-refractivity contribution >= 4 is 17.3 Å². The number of rotatable bonds is 7. The Bertz CT molecular complexity index is 488. The standard InChI is InChI=1S/C12H17N3O5/c1-13-12(16)8-4-5-10(15(17)18)9(6-8)14-7-11(19-2)20-3/h4-6,11,14H,7H2,1-3H3,(H,13,16). The maximum atomic E-state index is 11.5. The highest BCUT2D eigenvalue weighted by Crippen LogP contribution is 2.25. The van der Waals surface area contributed by atoms with E-state index in [0.29, 0.717) is 5.56 Å². The highest BCUT2D eigenvalue weighted by atomic mass is 16.7. The van der Waals surface area contributed by atoms with E-state index in [9.17, 15) is 14.9 Å². The minimum atomic E-state index is -0.543. The maximum absolute atomic E-state index is 11.5. The van der Waals surface area contributed by atoms with Crippen LogP contribution in [0, 0.1) is 10.1 Å². The number of nitro benzene ring substituents is 1. The first kappa shape index (κ1) is 15.9. The van der Waals surface area contributed by atoms with Crippen molar-refractivity contribution in [2.24, 2.45) is 0 Å². The molecule has 20 heavy (non-hydrogen) atoms. The average molecular weight is 283 g/mol. The molecule has 0 saturated heterocycles. The fourth-order valence-corrected chi connectivity index (χ4v) is 1.58. The SMILES string of the molecule is CNC(=O)c1ccc([N+](=O)[O-])c(NCC(OC)OC)c1. The molecule has 0 spiro atoms. The summed E-state index contributed by atoms with van der Waals surface area (Å²) in [5.41, 5.74) is 0.436. The molecule has 1 aromatic carbocycles.